The van der Waals surface area contributed by atoms with Crippen LogP contribution in [0.4, 0.5) is 5.69 Å². The topological polar surface area (TPSA) is 38.3 Å². The number of hydrogen-bond acceptors (Lipinski definition) is 3. The second-order valence-corrected chi connectivity index (χ2v) is 4.20. The van der Waals surface area contributed by atoms with Gasteiger partial charge in [0.25, 0.3) is 0 Å². The van der Waals surface area contributed by atoms with Crippen LogP contribution in [0.5, 0.6) is 5.75 Å². The lowest BCUT2D eigenvalue weighted by molar-refractivity contribution is -0.115. The van der Waals surface area contributed by atoms with E-state index in [4.69, 9.17) is 16.3 Å². The normalized spacial score (nSPS) is 12.0. The molecule has 0 aromatic heterocycles. The van der Waals surface area contributed by atoms with Gasteiger partial charge in [-0.25, -0.2) is 0 Å². The summed E-state index contributed by atoms with van der Waals surface area (Å²) in [7, 11) is 1.52. The molecule has 1 aromatic rings. The maximum atomic E-state index is 11.3. The van der Waals surface area contributed by atoms with Crippen LogP contribution in [0.15, 0.2) is 18.2 Å². The number of carbonyl (C=O) groups is 1. The van der Waals surface area contributed by atoms with Gasteiger partial charge in [-0.1, -0.05) is 11.6 Å². The Morgan fingerprint density at radius 2 is 2.27 bits per heavy atom. The maximum absolute atomic E-state index is 11.3. The van der Waals surface area contributed by atoms with E-state index in [0.29, 0.717) is 16.5 Å². The van der Waals surface area contributed by atoms with Crippen molar-refractivity contribution in [3.63, 3.8) is 0 Å². The third kappa shape index (κ3) is 3.32. The molecule has 3 nitrogen and oxygen atoms in total. The molecule has 1 N–H and O–H groups in total. The van der Waals surface area contributed by atoms with Crippen molar-refractivity contribution >= 4 is 35.8 Å². The minimum atomic E-state index is -0.355. The standard InChI is InChI=1S/C10H12ClNO2S/c1-6(15)10(13)12-7-3-4-8(11)9(5-7)14-2/h3-6,15H,1-2H3,(H,12,13). The van der Waals surface area contributed by atoms with E-state index in [-0.39, 0.29) is 11.2 Å². The van der Waals surface area contributed by atoms with Crippen LogP contribution in [-0.4, -0.2) is 18.3 Å². The molecule has 1 rings (SSSR count). The predicted molar refractivity (Wildman–Crippen MR) is 65.1 cm³/mol. The number of halogens is 1. The van der Waals surface area contributed by atoms with Crippen molar-refractivity contribution in [3.8, 4) is 5.75 Å². The first kappa shape index (κ1) is 12.2. The number of nitrogens with one attached hydrogen (secondary N) is 1. The fourth-order valence-electron chi connectivity index (χ4n) is 0.984. The second-order valence-electron chi connectivity index (χ2n) is 3.01. The zero-order valence-corrected chi connectivity index (χ0v) is 10.1. The second kappa shape index (κ2) is 5.28. The number of benzene rings is 1. The van der Waals surface area contributed by atoms with Crippen LogP contribution in [0, 0.1) is 0 Å². The van der Waals surface area contributed by atoms with Gasteiger partial charge in [-0.05, 0) is 19.1 Å². The lowest BCUT2D eigenvalue weighted by atomic mass is 10.3. The lowest BCUT2D eigenvalue weighted by Crippen LogP contribution is -2.20. The summed E-state index contributed by atoms with van der Waals surface area (Å²) < 4.78 is 5.03. The van der Waals surface area contributed by atoms with E-state index >= 15 is 0 Å². The third-order valence-corrected chi connectivity index (χ3v) is 2.34. The number of ether oxygens (including phenoxy) is 1. The minimum Gasteiger partial charge on any atom is -0.495 e. The van der Waals surface area contributed by atoms with E-state index < -0.39 is 0 Å². The molecule has 0 bridgehead atoms. The predicted octanol–water partition coefficient (Wildman–Crippen LogP) is 2.61. The van der Waals surface area contributed by atoms with Crippen LogP contribution in [0.25, 0.3) is 0 Å². The van der Waals surface area contributed by atoms with Crippen molar-refractivity contribution in [2.75, 3.05) is 12.4 Å². The molecule has 1 aromatic carbocycles. The lowest BCUT2D eigenvalue weighted by Gasteiger charge is -2.09. The number of hydrogen-bond donors (Lipinski definition) is 2. The molecular formula is C10H12ClNO2S. The molecule has 1 atom stereocenters. The number of amides is 1. The molecule has 0 saturated carbocycles. The van der Waals surface area contributed by atoms with Gasteiger partial charge in [0, 0.05) is 11.8 Å². The summed E-state index contributed by atoms with van der Waals surface area (Å²) in [4.78, 5) is 11.3. The molecule has 0 heterocycles. The average Bonchev–Trinajstić information content (AvgIpc) is 2.20. The molecule has 0 saturated heterocycles. The van der Waals surface area contributed by atoms with E-state index in [9.17, 15) is 4.79 Å². The average molecular weight is 246 g/mol. The Kier molecular flexibility index (Phi) is 4.29. The van der Waals surface area contributed by atoms with Gasteiger partial charge >= 0.3 is 0 Å². The largest absolute Gasteiger partial charge is 0.495 e. The van der Waals surface area contributed by atoms with Gasteiger partial charge in [-0.15, -0.1) is 0 Å². The maximum Gasteiger partial charge on any atom is 0.236 e. The van der Waals surface area contributed by atoms with E-state index in [1.54, 1.807) is 25.1 Å². The Hall–Kier alpha value is -0.870. The van der Waals surface area contributed by atoms with Gasteiger partial charge in [0.15, 0.2) is 0 Å². The summed E-state index contributed by atoms with van der Waals surface area (Å²) in [5, 5.41) is 2.84. The van der Waals surface area contributed by atoms with E-state index in [2.05, 4.69) is 17.9 Å². The molecular weight excluding hydrogens is 234 g/mol. The summed E-state index contributed by atoms with van der Waals surface area (Å²) in [5.74, 6) is 0.365. The smallest absolute Gasteiger partial charge is 0.236 e. The molecule has 0 radical (unpaired) electrons. The van der Waals surface area contributed by atoms with Gasteiger partial charge < -0.3 is 10.1 Å². The highest BCUT2D eigenvalue weighted by atomic mass is 35.5. The van der Waals surface area contributed by atoms with Crippen molar-refractivity contribution in [3.05, 3.63) is 23.2 Å². The van der Waals surface area contributed by atoms with Crippen molar-refractivity contribution in [1.82, 2.24) is 0 Å². The molecule has 5 heteroatoms. The van der Waals surface area contributed by atoms with Crippen molar-refractivity contribution in [2.24, 2.45) is 0 Å². The first-order chi connectivity index (χ1) is 7.04. The molecule has 0 fully saturated rings. The number of carbonyl (C=O) groups excluding carboxylic acids is 1. The minimum absolute atomic E-state index is 0.164. The van der Waals surface area contributed by atoms with Crippen LogP contribution in [0.1, 0.15) is 6.92 Å². The Morgan fingerprint density at radius 3 is 2.80 bits per heavy atom. The zero-order chi connectivity index (χ0) is 11.4. The summed E-state index contributed by atoms with van der Waals surface area (Å²) >= 11 is 9.87. The van der Waals surface area contributed by atoms with Crippen LogP contribution < -0.4 is 10.1 Å². The van der Waals surface area contributed by atoms with Gasteiger partial charge in [0.1, 0.15) is 5.75 Å². The van der Waals surface area contributed by atoms with Gasteiger partial charge in [-0.3, -0.25) is 4.79 Å². The zero-order valence-electron chi connectivity index (χ0n) is 8.45. The van der Waals surface area contributed by atoms with Gasteiger partial charge in [0.2, 0.25) is 5.91 Å². The SMILES string of the molecule is COc1cc(NC(=O)C(C)S)ccc1Cl. The summed E-state index contributed by atoms with van der Waals surface area (Å²) in [6, 6.07) is 5.04. The van der Waals surface area contributed by atoms with Crippen molar-refractivity contribution in [1.29, 1.82) is 0 Å². The first-order valence-corrected chi connectivity index (χ1v) is 5.26. The molecule has 15 heavy (non-hydrogen) atoms. The molecule has 0 spiro atoms. The Morgan fingerprint density at radius 1 is 1.60 bits per heavy atom. The highest BCUT2D eigenvalue weighted by Crippen LogP contribution is 2.27. The van der Waals surface area contributed by atoms with E-state index in [0.717, 1.165) is 0 Å². The molecule has 82 valence electrons. The van der Waals surface area contributed by atoms with Crippen molar-refractivity contribution in [2.45, 2.75) is 12.2 Å². The van der Waals surface area contributed by atoms with Crippen LogP contribution in [0.2, 0.25) is 5.02 Å². The van der Waals surface area contributed by atoms with Gasteiger partial charge in [-0.2, -0.15) is 12.6 Å². The van der Waals surface area contributed by atoms with E-state index in [1.165, 1.54) is 7.11 Å². The Bertz CT molecular complexity index is 368. The number of rotatable bonds is 3. The van der Waals surface area contributed by atoms with Gasteiger partial charge in [0.05, 0.1) is 17.4 Å². The summed E-state index contributed by atoms with van der Waals surface area (Å²) in [5.41, 5.74) is 0.641. The molecule has 0 aliphatic carbocycles. The summed E-state index contributed by atoms with van der Waals surface area (Å²) in [6.45, 7) is 1.70. The monoisotopic (exact) mass is 245 g/mol. The van der Waals surface area contributed by atoms with Crippen molar-refractivity contribution < 1.29 is 9.53 Å². The van der Waals surface area contributed by atoms with Crippen LogP contribution in [-0.2, 0) is 4.79 Å². The Balaban J connectivity index is 2.83. The molecule has 0 aliphatic rings. The van der Waals surface area contributed by atoms with E-state index in [1.807, 2.05) is 0 Å². The summed E-state index contributed by atoms with van der Waals surface area (Å²) in [6.07, 6.45) is 0. The molecule has 1 amide bonds. The number of thiol groups is 1. The third-order valence-electron chi connectivity index (χ3n) is 1.80. The highest BCUT2D eigenvalue weighted by molar-refractivity contribution is 7.81. The number of methoxy groups -OCH3 is 1. The quantitative estimate of drug-likeness (QED) is 0.804. The van der Waals surface area contributed by atoms with Crippen LogP contribution >= 0.6 is 24.2 Å². The Labute approximate surface area is 99.2 Å². The fraction of sp³-hybridized carbons (Fsp3) is 0.300. The number of anilines is 1. The fourth-order valence-corrected chi connectivity index (χ4v) is 1.24. The highest BCUT2D eigenvalue weighted by Gasteiger charge is 2.09. The molecule has 0 aliphatic heterocycles. The first-order valence-electron chi connectivity index (χ1n) is 4.37. The molecule has 1 unspecified atom stereocenters. The van der Waals surface area contributed by atoms with Crippen LogP contribution in [0.3, 0.4) is 0 Å².